The van der Waals surface area contributed by atoms with Crippen LogP contribution in [0.5, 0.6) is 0 Å². The molecule has 5 nitrogen and oxygen atoms in total. The normalized spacial score (nSPS) is 18.3. The van der Waals surface area contributed by atoms with Gasteiger partial charge in [-0.1, -0.05) is 29.3 Å². The molecule has 1 aromatic carbocycles. The van der Waals surface area contributed by atoms with Crippen molar-refractivity contribution in [2.24, 2.45) is 0 Å². The summed E-state index contributed by atoms with van der Waals surface area (Å²) in [7, 11) is 1.69. The van der Waals surface area contributed by atoms with Gasteiger partial charge in [0.2, 0.25) is 5.91 Å². The summed E-state index contributed by atoms with van der Waals surface area (Å²) < 4.78 is 0. The largest absolute Gasteiger partial charge is 0.350 e. The molecule has 114 valence electrons. The van der Waals surface area contributed by atoms with Crippen LogP contribution in [0.3, 0.4) is 0 Å². The molecule has 21 heavy (non-hydrogen) atoms. The lowest BCUT2D eigenvalue weighted by atomic mass is 10.2. The van der Waals surface area contributed by atoms with E-state index in [0.717, 1.165) is 5.56 Å². The maximum absolute atomic E-state index is 12.3. The van der Waals surface area contributed by atoms with Gasteiger partial charge in [0, 0.05) is 30.2 Å². The van der Waals surface area contributed by atoms with Gasteiger partial charge in [0.15, 0.2) is 0 Å². The quantitative estimate of drug-likeness (QED) is 0.921. The Morgan fingerprint density at radius 2 is 2.14 bits per heavy atom. The number of urea groups is 1. The van der Waals surface area contributed by atoms with Crippen molar-refractivity contribution < 1.29 is 9.59 Å². The molecule has 0 saturated carbocycles. The molecule has 1 aromatic rings. The predicted octanol–water partition coefficient (Wildman–Crippen LogP) is 2.37. The molecule has 1 N–H and O–H groups in total. The van der Waals surface area contributed by atoms with Gasteiger partial charge in [-0.2, -0.15) is 0 Å². The molecule has 0 aromatic heterocycles. The Kier molecular flexibility index (Phi) is 4.96. The lowest BCUT2D eigenvalue weighted by Gasteiger charge is -2.20. The van der Waals surface area contributed by atoms with Crippen LogP contribution in [0.4, 0.5) is 4.79 Å². The SMILES string of the molecule is CCN1C(=O)N(C)CC1C(=O)NCc1ccc(Cl)cc1Cl. The van der Waals surface area contributed by atoms with Gasteiger partial charge in [-0.3, -0.25) is 4.79 Å². The summed E-state index contributed by atoms with van der Waals surface area (Å²) in [5.74, 6) is -0.180. The Morgan fingerprint density at radius 3 is 2.76 bits per heavy atom. The lowest BCUT2D eigenvalue weighted by Crippen LogP contribution is -2.45. The Labute approximate surface area is 133 Å². The number of nitrogens with zero attached hydrogens (tertiary/aromatic N) is 2. The highest BCUT2D eigenvalue weighted by atomic mass is 35.5. The zero-order valence-electron chi connectivity index (χ0n) is 11.9. The van der Waals surface area contributed by atoms with Gasteiger partial charge in [0.05, 0.1) is 6.54 Å². The van der Waals surface area contributed by atoms with Crippen LogP contribution < -0.4 is 5.32 Å². The monoisotopic (exact) mass is 329 g/mol. The van der Waals surface area contributed by atoms with Crippen molar-refractivity contribution in [3.05, 3.63) is 33.8 Å². The lowest BCUT2D eigenvalue weighted by molar-refractivity contribution is -0.124. The number of rotatable bonds is 4. The zero-order chi connectivity index (χ0) is 15.6. The van der Waals surface area contributed by atoms with E-state index in [9.17, 15) is 9.59 Å². The van der Waals surface area contributed by atoms with Gasteiger partial charge >= 0.3 is 6.03 Å². The van der Waals surface area contributed by atoms with Crippen molar-refractivity contribution in [3.8, 4) is 0 Å². The minimum atomic E-state index is -0.460. The Balaban J connectivity index is 2.00. The van der Waals surface area contributed by atoms with Crippen molar-refractivity contribution in [1.29, 1.82) is 0 Å². The number of carbonyl (C=O) groups excluding carboxylic acids is 2. The second-order valence-electron chi connectivity index (χ2n) is 4.92. The fourth-order valence-electron chi connectivity index (χ4n) is 2.33. The van der Waals surface area contributed by atoms with Crippen LogP contribution in [0.15, 0.2) is 18.2 Å². The number of benzene rings is 1. The molecule has 0 spiro atoms. The summed E-state index contributed by atoms with van der Waals surface area (Å²) >= 11 is 11.9. The number of likely N-dealkylation sites (N-methyl/N-ethyl adjacent to an activating group) is 2. The predicted molar refractivity (Wildman–Crippen MR) is 82.5 cm³/mol. The van der Waals surface area contributed by atoms with E-state index < -0.39 is 6.04 Å². The van der Waals surface area contributed by atoms with E-state index in [0.29, 0.717) is 29.7 Å². The third kappa shape index (κ3) is 3.41. The molecule has 3 amide bonds. The van der Waals surface area contributed by atoms with Gasteiger partial charge < -0.3 is 15.1 Å². The molecule has 1 heterocycles. The Morgan fingerprint density at radius 1 is 1.43 bits per heavy atom. The highest BCUT2D eigenvalue weighted by Crippen LogP contribution is 2.21. The van der Waals surface area contributed by atoms with Crippen molar-refractivity contribution in [2.45, 2.75) is 19.5 Å². The molecule has 0 bridgehead atoms. The fourth-order valence-corrected chi connectivity index (χ4v) is 2.81. The van der Waals surface area contributed by atoms with E-state index in [1.165, 1.54) is 0 Å². The third-order valence-electron chi connectivity index (χ3n) is 3.51. The Hall–Kier alpha value is -1.46. The van der Waals surface area contributed by atoms with E-state index >= 15 is 0 Å². The number of halogens is 2. The minimum absolute atomic E-state index is 0.123. The topological polar surface area (TPSA) is 52.7 Å². The molecule has 0 aliphatic carbocycles. The average Bonchev–Trinajstić information content (AvgIpc) is 2.73. The second-order valence-corrected chi connectivity index (χ2v) is 5.76. The van der Waals surface area contributed by atoms with E-state index in [1.54, 1.807) is 35.0 Å². The van der Waals surface area contributed by atoms with Gasteiger partial charge in [-0.05, 0) is 24.6 Å². The van der Waals surface area contributed by atoms with Gasteiger partial charge in [-0.15, -0.1) is 0 Å². The summed E-state index contributed by atoms with van der Waals surface area (Å²) in [6, 6.07) is 4.55. The maximum atomic E-state index is 12.3. The van der Waals surface area contributed by atoms with Crippen LogP contribution in [0.1, 0.15) is 12.5 Å². The van der Waals surface area contributed by atoms with Crippen LogP contribution in [-0.4, -0.2) is 47.9 Å². The summed E-state index contributed by atoms with van der Waals surface area (Å²) in [6.45, 7) is 3.06. The minimum Gasteiger partial charge on any atom is -0.350 e. The van der Waals surface area contributed by atoms with E-state index in [-0.39, 0.29) is 11.9 Å². The molecule has 1 saturated heterocycles. The molecular weight excluding hydrogens is 313 g/mol. The maximum Gasteiger partial charge on any atom is 0.320 e. The van der Waals surface area contributed by atoms with E-state index in [1.807, 2.05) is 6.92 Å². The van der Waals surface area contributed by atoms with Crippen molar-refractivity contribution in [3.63, 3.8) is 0 Å². The molecule has 1 aliphatic heterocycles. The average molecular weight is 330 g/mol. The molecule has 1 aliphatic rings. The van der Waals surface area contributed by atoms with Crippen LogP contribution in [0.25, 0.3) is 0 Å². The first-order valence-electron chi connectivity index (χ1n) is 6.67. The van der Waals surface area contributed by atoms with Crippen molar-refractivity contribution in [2.75, 3.05) is 20.1 Å². The van der Waals surface area contributed by atoms with Gasteiger partial charge in [-0.25, -0.2) is 4.79 Å². The van der Waals surface area contributed by atoms with Crippen LogP contribution in [-0.2, 0) is 11.3 Å². The number of hydrogen-bond donors (Lipinski definition) is 1. The first-order valence-corrected chi connectivity index (χ1v) is 7.43. The highest BCUT2D eigenvalue weighted by molar-refractivity contribution is 6.35. The molecule has 7 heteroatoms. The van der Waals surface area contributed by atoms with Crippen molar-refractivity contribution >= 4 is 35.1 Å². The number of hydrogen-bond acceptors (Lipinski definition) is 2. The molecule has 1 unspecified atom stereocenters. The highest BCUT2D eigenvalue weighted by Gasteiger charge is 2.38. The van der Waals surface area contributed by atoms with Crippen LogP contribution in [0.2, 0.25) is 10.0 Å². The standard InChI is InChI=1S/C14H17Cl2N3O2/c1-3-19-12(8-18(2)14(19)21)13(20)17-7-9-4-5-10(15)6-11(9)16/h4-6,12H,3,7-8H2,1-2H3,(H,17,20). The van der Waals surface area contributed by atoms with Crippen LogP contribution >= 0.6 is 23.2 Å². The molecule has 0 radical (unpaired) electrons. The third-order valence-corrected chi connectivity index (χ3v) is 4.09. The number of nitrogens with one attached hydrogen (secondary N) is 1. The summed E-state index contributed by atoms with van der Waals surface area (Å²) in [5, 5.41) is 3.88. The van der Waals surface area contributed by atoms with Crippen LogP contribution in [0, 0.1) is 0 Å². The van der Waals surface area contributed by atoms with E-state index in [4.69, 9.17) is 23.2 Å². The van der Waals surface area contributed by atoms with Crippen molar-refractivity contribution in [1.82, 2.24) is 15.1 Å². The summed E-state index contributed by atoms with van der Waals surface area (Å²) in [6.07, 6.45) is 0. The smallest absolute Gasteiger partial charge is 0.320 e. The van der Waals surface area contributed by atoms with Gasteiger partial charge in [0.1, 0.15) is 6.04 Å². The second kappa shape index (κ2) is 6.54. The first-order chi connectivity index (χ1) is 9.93. The summed E-state index contributed by atoms with van der Waals surface area (Å²) in [4.78, 5) is 27.2. The number of carbonyl (C=O) groups is 2. The molecule has 2 rings (SSSR count). The van der Waals surface area contributed by atoms with E-state index in [2.05, 4.69) is 5.32 Å². The first kappa shape index (κ1) is 15.9. The zero-order valence-corrected chi connectivity index (χ0v) is 13.4. The molecule has 1 fully saturated rings. The Bertz CT molecular complexity index is 565. The number of amides is 3. The molecular formula is C14H17Cl2N3O2. The fraction of sp³-hybridized carbons (Fsp3) is 0.429. The molecule has 1 atom stereocenters. The summed E-state index contributed by atoms with van der Waals surface area (Å²) in [5.41, 5.74) is 0.787. The van der Waals surface area contributed by atoms with Gasteiger partial charge in [0.25, 0.3) is 0 Å².